The van der Waals surface area contributed by atoms with E-state index in [2.05, 4.69) is 10.1 Å². The Bertz CT molecular complexity index is 693. The Morgan fingerprint density at radius 1 is 1.36 bits per heavy atom. The van der Waals surface area contributed by atoms with Gasteiger partial charge in [0.25, 0.3) is 5.91 Å². The first kappa shape index (κ1) is 16.4. The monoisotopic (exact) mass is 323 g/mol. The number of carbonyl (C=O) groups excluding carboxylic acids is 2. The Hall–Kier alpha value is -2.01. The number of rotatable bonds is 5. The number of ether oxygens (including phenoxy) is 1. The highest BCUT2D eigenvalue weighted by molar-refractivity contribution is 6.20. The molecule has 2 atom stereocenters. The van der Waals surface area contributed by atoms with Crippen LogP contribution < -0.4 is 5.32 Å². The molecule has 0 aliphatic carbocycles. The summed E-state index contributed by atoms with van der Waals surface area (Å²) in [5, 5.41) is 3.16. The van der Waals surface area contributed by atoms with Crippen molar-refractivity contribution < 1.29 is 18.7 Å². The van der Waals surface area contributed by atoms with Crippen LogP contribution in [0.15, 0.2) is 28.7 Å². The van der Waals surface area contributed by atoms with Gasteiger partial charge >= 0.3 is 5.97 Å². The maximum atomic E-state index is 12.3. The van der Waals surface area contributed by atoms with E-state index >= 15 is 0 Å². The first-order chi connectivity index (χ1) is 10.4. The Labute approximate surface area is 133 Å². The van der Waals surface area contributed by atoms with Gasteiger partial charge in [0.2, 0.25) is 0 Å². The average Bonchev–Trinajstić information content (AvgIpc) is 2.88. The number of amides is 1. The zero-order chi connectivity index (χ0) is 16.3. The van der Waals surface area contributed by atoms with Gasteiger partial charge in [0.15, 0.2) is 5.76 Å². The van der Waals surface area contributed by atoms with Crippen LogP contribution in [-0.4, -0.2) is 30.4 Å². The first-order valence-corrected chi connectivity index (χ1v) is 7.37. The van der Waals surface area contributed by atoms with Crippen molar-refractivity contribution >= 4 is 34.4 Å². The Morgan fingerprint density at radius 3 is 2.73 bits per heavy atom. The maximum absolute atomic E-state index is 12.3. The second-order valence-corrected chi connectivity index (χ2v) is 5.96. The molecule has 1 unspecified atom stereocenters. The fourth-order valence-corrected chi connectivity index (χ4v) is 2.36. The quantitative estimate of drug-likeness (QED) is 0.678. The van der Waals surface area contributed by atoms with Crippen molar-refractivity contribution in [2.75, 3.05) is 7.11 Å². The highest BCUT2D eigenvalue weighted by atomic mass is 35.5. The topological polar surface area (TPSA) is 68.5 Å². The second kappa shape index (κ2) is 6.83. The average molecular weight is 324 g/mol. The van der Waals surface area contributed by atoms with Crippen molar-refractivity contribution in [1.82, 2.24) is 5.32 Å². The van der Waals surface area contributed by atoms with Gasteiger partial charge in [-0.3, -0.25) is 4.79 Å². The maximum Gasteiger partial charge on any atom is 0.328 e. The largest absolute Gasteiger partial charge is 0.467 e. The number of furan rings is 1. The molecule has 0 saturated heterocycles. The van der Waals surface area contributed by atoms with Crippen molar-refractivity contribution in [2.45, 2.75) is 31.7 Å². The van der Waals surface area contributed by atoms with E-state index in [0.29, 0.717) is 5.58 Å². The number of alkyl halides is 1. The fraction of sp³-hybridized carbons (Fsp3) is 0.375. The lowest BCUT2D eigenvalue weighted by atomic mass is 10.1. The normalized spacial score (nSPS) is 13.6. The molecule has 1 aromatic heterocycles. The summed E-state index contributed by atoms with van der Waals surface area (Å²) >= 11 is 5.90. The van der Waals surface area contributed by atoms with Crippen LogP contribution in [0, 0.1) is 6.92 Å². The first-order valence-electron chi connectivity index (χ1n) is 6.93. The lowest BCUT2D eigenvalue weighted by Gasteiger charge is -2.16. The number of carbonyl (C=O) groups is 2. The van der Waals surface area contributed by atoms with Gasteiger partial charge in [-0.05, 0) is 38.5 Å². The SMILES string of the molecule is COC(=O)[C@@H](CC(C)Cl)NC(=O)c1cc2cc(C)ccc2o1. The molecule has 0 spiro atoms. The molecule has 2 aromatic rings. The minimum Gasteiger partial charge on any atom is -0.467 e. The van der Waals surface area contributed by atoms with Gasteiger partial charge in [0.05, 0.1) is 7.11 Å². The Morgan fingerprint density at radius 2 is 2.09 bits per heavy atom. The molecule has 118 valence electrons. The minimum atomic E-state index is -0.806. The van der Waals surface area contributed by atoms with Crippen molar-refractivity contribution in [3.8, 4) is 0 Å². The van der Waals surface area contributed by atoms with E-state index < -0.39 is 17.9 Å². The molecule has 0 saturated carbocycles. The van der Waals surface area contributed by atoms with Crippen molar-refractivity contribution in [3.05, 3.63) is 35.6 Å². The summed E-state index contributed by atoms with van der Waals surface area (Å²) in [6.45, 7) is 3.70. The molecule has 5 nitrogen and oxygen atoms in total. The molecule has 1 heterocycles. The van der Waals surface area contributed by atoms with Crippen LogP contribution >= 0.6 is 11.6 Å². The summed E-state index contributed by atoms with van der Waals surface area (Å²) < 4.78 is 10.2. The fourth-order valence-electron chi connectivity index (χ4n) is 2.19. The van der Waals surface area contributed by atoms with Gasteiger partial charge < -0.3 is 14.5 Å². The number of methoxy groups -OCH3 is 1. The zero-order valence-corrected chi connectivity index (χ0v) is 13.4. The van der Waals surface area contributed by atoms with E-state index in [1.807, 2.05) is 19.1 Å². The van der Waals surface area contributed by atoms with E-state index in [4.69, 9.17) is 16.0 Å². The second-order valence-electron chi connectivity index (χ2n) is 5.22. The van der Waals surface area contributed by atoms with Crippen LogP contribution in [-0.2, 0) is 9.53 Å². The van der Waals surface area contributed by atoms with Crippen LogP contribution in [0.4, 0.5) is 0 Å². The van der Waals surface area contributed by atoms with Crippen molar-refractivity contribution in [2.24, 2.45) is 0 Å². The number of hydrogen-bond acceptors (Lipinski definition) is 4. The summed E-state index contributed by atoms with van der Waals surface area (Å²) in [7, 11) is 1.27. The predicted octanol–water partition coefficient (Wildman–Crippen LogP) is 3.03. The molecule has 0 aliphatic rings. The Kier molecular flexibility index (Phi) is 5.08. The molecular weight excluding hydrogens is 306 g/mol. The predicted molar refractivity (Wildman–Crippen MR) is 84.2 cm³/mol. The van der Waals surface area contributed by atoms with Gasteiger partial charge in [0.1, 0.15) is 11.6 Å². The van der Waals surface area contributed by atoms with Crippen LogP contribution in [0.3, 0.4) is 0 Å². The number of esters is 1. The number of halogens is 1. The van der Waals surface area contributed by atoms with Crippen molar-refractivity contribution in [3.63, 3.8) is 0 Å². The van der Waals surface area contributed by atoms with Crippen LogP contribution in [0.2, 0.25) is 0 Å². The van der Waals surface area contributed by atoms with Gasteiger partial charge in [-0.2, -0.15) is 0 Å². The van der Waals surface area contributed by atoms with Crippen LogP contribution in [0.1, 0.15) is 29.5 Å². The Balaban J connectivity index is 2.19. The number of hydrogen-bond donors (Lipinski definition) is 1. The lowest BCUT2D eigenvalue weighted by molar-refractivity contribution is -0.143. The smallest absolute Gasteiger partial charge is 0.328 e. The highest BCUT2D eigenvalue weighted by Gasteiger charge is 2.25. The molecule has 22 heavy (non-hydrogen) atoms. The summed E-state index contributed by atoms with van der Waals surface area (Å²) in [5.74, 6) is -0.855. The summed E-state index contributed by atoms with van der Waals surface area (Å²) in [5.41, 5.74) is 1.69. The van der Waals surface area contributed by atoms with E-state index in [9.17, 15) is 9.59 Å². The van der Waals surface area contributed by atoms with Gasteiger partial charge in [-0.1, -0.05) is 11.6 Å². The van der Waals surface area contributed by atoms with Gasteiger partial charge in [-0.25, -0.2) is 4.79 Å². The van der Waals surface area contributed by atoms with Gasteiger partial charge in [0, 0.05) is 10.8 Å². The lowest BCUT2D eigenvalue weighted by Crippen LogP contribution is -2.42. The summed E-state index contributed by atoms with van der Waals surface area (Å²) in [4.78, 5) is 24.0. The molecule has 1 amide bonds. The van der Waals surface area contributed by atoms with Crippen molar-refractivity contribution in [1.29, 1.82) is 0 Å². The van der Waals surface area contributed by atoms with E-state index in [-0.39, 0.29) is 17.6 Å². The van der Waals surface area contributed by atoms with E-state index in [0.717, 1.165) is 10.9 Å². The van der Waals surface area contributed by atoms with E-state index in [1.165, 1.54) is 7.11 Å². The number of aryl methyl sites for hydroxylation is 1. The molecule has 0 fully saturated rings. The third-order valence-electron chi connectivity index (χ3n) is 3.25. The molecule has 1 N–H and O–H groups in total. The summed E-state index contributed by atoms with van der Waals surface area (Å²) in [6, 6.07) is 6.48. The molecule has 0 radical (unpaired) electrons. The summed E-state index contributed by atoms with van der Waals surface area (Å²) in [6.07, 6.45) is 0.277. The highest BCUT2D eigenvalue weighted by Crippen LogP contribution is 2.21. The molecule has 1 aromatic carbocycles. The van der Waals surface area contributed by atoms with Crippen LogP contribution in [0.5, 0.6) is 0 Å². The molecular formula is C16H18ClNO4. The van der Waals surface area contributed by atoms with Gasteiger partial charge in [-0.15, -0.1) is 11.6 Å². The minimum absolute atomic E-state index is 0.150. The number of nitrogens with one attached hydrogen (secondary N) is 1. The van der Waals surface area contributed by atoms with E-state index in [1.54, 1.807) is 19.1 Å². The zero-order valence-electron chi connectivity index (χ0n) is 12.7. The third-order valence-corrected chi connectivity index (χ3v) is 3.43. The standard InChI is InChI=1S/C16H18ClNO4/c1-9-4-5-13-11(6-9)8-14(22-13)15(19)18-12(7-10(2)17)16(20)21-3/h4-6,8,10,12H,7H2,1-3H3,(H,18,19)/t10?,12-/m1/s1. The molecule has 2 rings (SSSR count). The molecule has 6 heteroatoms. The third kappa shape index (κ3) is 3.80. The molecule has 0 aliphatic heterocycles. The number of benzene rings is 1. The molecule has 0 bridgehead atoms. The van der Waals surface area contributed by atoms with Crippen LogP contribution in [0.25, 0.3) is 11.0 Å². The number of fused-ring (bicyclic) bond motifs is 1.